The molecule has 3 rings (SSSR count). The van der Waals surface area contributed by atoms with Crippen molar-refractivity contribution in [3.8, 4) is 11.5 Å². The third-order valence-corrected chi connectivity index (χ3v) is 2.94. The summed E-state index contributed by atoms with van der Waals surface area (Å²) in [5.41, 5.74) is 5.55. The first-order valence-corrected chi connectivity index (χ1v) is 7.53. The quantitative estimate of drug-likeness (QED) is 0.735. The highest BCUT2D eigenvalue weighted by atomic mass is 16.7. The average Bonchev–Trinajstić information content (AvgIpc) is 3.27. The number of hydrogen-bond donors (Lipinski definition) is 3. The lowest BCUT2D eigenvalue weighted by molar-refractivity contribution is 0.173. The molecule has 1 aliphatic rings. The van der Waals surface area contributed by atoms with Gasteiger partial charge in [-0.15, -0.1) is 11.7 Å². The van der Waals surface area contributed by atoms with Gasteiger partial charge in [0.1, 0.15) is 0 Å². The summed E-state index contributed by atoms with van der Waals surface area (Å²) in [6, 6.07) is 5.86. The lowest BCUT2D eigenvalue weighted by atomic mass is 10.2. The zero-order valence-electron chi connectivity index (χ0n) is 14.7. The number of fused-ring (bicyclic) bond motifs is 1. The van der Waals surface area contributed by atoms with E-state index in [0.29, 0.717) is 18.4 Å². The van der Waals surface area contributed by atoms with Crippen molar-refractivity contribution in [2.75, 3.05) is 38.2 Å². The van der Waals surface area contributed by atoms with Crippen molar-refractivity contribution in [3.63, 3.8) is 0 Å². The third-order valence-electron chi connectivity index (χ3n) is 2.94. The van der Waals surface area contributed by atoms with Gasteiger partial charge in [0.2, 0.25) is 18.7 Å². The van der Waals surface area contributed by atoms with Crippen LogP contribution in [0.5, 0.6) is 11.5 Å². The summed E-state index contributed by atoms with van der Waals surface area (Å²) in [6.07, 6.45) is 1.75. The Morgan fingerprint density at radius 3 is 2.75 bits per heavy atom. The molecule has 0 amide bonds. The van der Waals surface area contributed by atoms with E-state index in [9.17, 15) is 0 Å². The second-order valence-electron chi connectivity index (χ2n) is 4.65. The summed E-state index contributed by atoms with van der Waals surface area (Å²) in [7, 11) is 5.22. The highest BCUT2D eigenvalue weighted by Crippen LogP contribution is 2.36. The van der Waals surface area contributed by atoms with Crippen LogP contribution in [0.1, 0.15) is 12.5 Å². The van der Waals surface area contributed by atoms with E-state index in [4.69, 9.17) is 9.47 Å². The number of rotatable bonds is 4. The van der Waals surface area contributed by atoms with Gasteiger partial charge >= 0.3 is 0 Å². The largest absolute Gasteiger partial charge is 0.454 e. The van der Waals surface area contributed by atoms with Crippen molar-refractivity contribution in [1.29, 1.82) is 0 Å². The third kappa shape index (κ3) is 4.88. The first-order valence-electron chi connectivity index (χ1n) is 7.53. The van der Waals surface area contributed by atoms with Gasteiger partial charge in [-0.3, -0.25) is 0 Å². The molecule has 8 nitrogen and oxygen atoms in total. The summed E-state index contributed by atoms with van der Waals surface area (Å²) >= 11 is 0. The number of allylic oxidation sites excluding steroid dienone is 1. The fraction of sp³-hybridized carbons (Fsp3) is 0.375. The molecule has 0 spiro atoms. The van der Waals surface area contributed by atoms with Gasteiger partial charge in [0.05, 0.1) is 0 Å². The summed E-state index contributed by atoms with van der Waals surface area (Å²) in [5, 5.41) is 9.84. The lowest BCUT2D eigenvalue weighted by Gasteiger charge is -2.15. The number of aromatic nitrogens is 3. The predicted octanol–water partition coefficient (Wildman–Crippen LogP) is 1.98. The number of nitrogens with two attached hydrogens (primary N) is 1. The van der Waals surface area contributed by atoms with E-state index in [1.54, 1.807) is 13.1 Å². The Balaban J connectivity index is 0.000000521. The minimum Gasteiger partial charge on any atom is -0.454 e. The maximum Gasteiger partial charge on any atom is 0.246 e. The van der Waals surface area contributed by atoms with E-state index >= 15 is 0 Å². The summed E-state index contributed by atoms with van der Waals surface area (Å²) in [4.78, 5) is 6.23. The number of ether oxygens (including phenoxy) is 2. The molecular formula is C16H26N6O2. The molecule has 0 radical (unpaired) electrons. The fourth-order valence-electron chi connectivity index (χ4n) is 1.98. The summed E-state index contributed by atoms with van der Waals surface area (Å²) in [5.74, 6) is 2.86. The Labute approximate surface area is 142 Å². The van der Waals surface area contributed by atoms with Crippen molar-refractivity contribution in [1.82, 2.24) is 15.2 Å². The molecule has 0 unspecified atom stereocenters. The van der Waals surface area contributed by atoms with Gasteiger partial charge in [-0.1, -0.05) is 18.2 Å². The van der Waals surface area contributed by atoms with Gasteiger partial charge in [0.25, 0.3) is 0 Å². The molecule has 0 fully saturated rings. The fourth-order valence-corrected chi connectivity index (χ4v) is 1.98. The second kappa shape index (κ2) is 10.1. The molecule has 0 aliphatic carbocycles. The van der Waals surface area contributed by atoms with Gasteiger partial charge < -0.3 is 25.4 Å². The van der Waals surface area contributed by atoms with Gasteiger partial charge in [-0.25, -0.2) is 5.10 Å². The van der Waals surface area contributed by atoms with Crippen LogP contribution in [0.3, 0.4) is 0 Å². The second-order valence-corrected chi connectivity index (χ2v) is 4.65. The summed E-state index contributed by atoms with van der Waals surface area (Å²) < 4.78 is 10.8. The topological polar surface area (TPSA) is 101 Å². The van der Waals surface area contributed by atoms with E-state index in [0.717, 1.165) is 17.1 Å². The van der Waals surface area contributed by atoms with Gasteiger partial charge in [-0.05, 0) is 20.0 Å². The van der Waals surface area contributed by atoms with Crippen molar-refractivity contribution in [2.24, 2.45) is 5.73 Å². The van der Waals surface area contributed by atoms with Gasteiger partial charge in [0, 0.05) is 26.2 Å². The van der Waals surface area contributed by atoms with Crippen LogP contribution >= 0.6 is 0 Å². The Kier molecular flexibility index (Phi) is 8.14. The van der Waals surface area contributed by atoms with E-state index in [1.165, 1.54) is 7.05 Å². The molecule has 0 bridgehead atoms. The number of aromatic amines is 1. The predicted molar refractivity (Wildman–Crippen MR) is 96.6 cm³/mol. The SMILES string of the molecule is C=CC.CN.CNc1nc(N(C)Cc2cccc3c2OCO3)n[nH]1. The van der Waals surface area contributed by atoms with Crippen LogP contribution in [0.2, 0.25) is 0 Å². The molecule has 8 heteroatoms. The van der Waals surface area contributed by atoms with Crippen molar-refractivity contribution >= 4 is 11.9 Å². The van der Waals surface area contributed by atoms with Crippen LogP contribution in [-0.2, 0) is 6.54 Å². The number of anilines is 2. The molecule has 1 aromatic heterocycles. The average molecular weight is 334 g/mol. The maximum atomic E-state index is 5.48. The zero-order valence-corrected chi connectivity index (χ0v) is 14.7. The summed E-state index contributed by atoms with van der Waals surface area (Å²) in [6.45, 7) is 6.17. The monoisotopic (exact) mass is 334 g/mol. The molecule has 1 aliphatic heterocycles. The molecular weight excluding hydrogens is 308 g/mol. The highest BCUT2D eigenvalue weighted by Gasteiger charge is 2.19. The minimum absolute atomic E-state index is 0.278. The van der Waals surface area contributed by atoms with Crippen LogP contribution < -0.4 is 25.4 Å². The molecule has 2 aromatic rings. The van der Waals surface area contributed by atoms with Crippen LogP contribution in [0, 0.1) is 0 Å². The maximum absolute atomic E-state index is 5.48. The van der Waals surface area contributed by atoms with Crippen LogP contribution in [0.4, 0.5) is 11.9 Å². The number of nitrogens with one attached hydrogen (secondary N) is 2. The Bertz CT molecular complexity index is 629. The van der Waals surface area contributed by atoms with E-state index in [-0.39, 0.29) is 6.79 Å². The molecule has 1 aromatic carbocycles. The Morgan fingerprint density at radius 2 is 2.12 bits per heavy atom. The molecule has 132 valence electrons. The molecule has 2 heterocycles. The number of H-pyrrole nitrogens is 1. The van der Waals surface area contributed by atoms with Crippen LogP contribution in [0.25, 0.3) is 0 Å². The standard InChI is InChI=1S/C12H15N5O2.C3H6.CH5N/c1-13-11-14-12(16-15-11)17(2)6-8-4-3-5-9-10(8)19-7-18-9;1-3-2;1-2/h3-5H,6-7H2,1-2H3,(H2,13,14,15,16);3H,1H2,2H3;2H2,1H3. The minimum atomic E-state index is 0.278. The highest BCUT2D eigenvalue weighted by molar-refractivity contribution is 5.49. The number of benzene rings is 1. The van der Waals surface area contributed by atoms with Crippen molar-refractivity contribution < 1.29 is 9.47 Å². The molecule has 0 atom stereocenters. The Morgan fingerprint density at radius 1 is 1.42 bits per heavy atom. The van der Waals surface area contributed by atoms with E-state index in [1.807, 2.05) is 37.1 Å². The number of hydrogen-bond acceptors (Lipinski definition) is 7. The number of nitrogens with zero attached hydrogens (tertiary/aromatic N) is 3. The van der Waals surface area contributed by atoms with Gasteiger partial charge in [0.15, 0.2) is 11.5 Å². The van der Waals surface area contributed by atoms with Gasteiger partial charge in [-0.2, -0.15) is 4.98 Å². The molecule has 0 saturated carbocycles. The lowest BCUT2D eigenvalue weighted by Crippen LogP contribution is -2.18. The Hall–Kier alpha value is -2.74. The van der Waals surface area contributed by atoms with Crippen molar-refractivity contribution in [2.45, 2.75) is 13.5 Å². The first kappa shape index (κ1) is 19.3. The smallest absolute Gasteiger partial charge is 0.246 e. The molecule has 4 N–H and O–H groups in total. The van der Waals surface area contributed by atoms with Crippen LogP contribution in [-0.4, -0.2) is 43.1 Å². The van der Waals surface area contributed by atoms with Crippen molar-refractivity contribution in [3.05, 3.63) is 36.4 Å². The van der Waals surface area contributed by atoms with E-state index < -0.39 is 0 Å². The normalized spacial score (nSPS) is 10.7. The molecule has 0 saturated heterocycles. The molecule has 24 heavy (non-hydrogen) atoms. The van der Waals surface area contributed by atoms with E-state index in [2.05, 4.69) is 32.8 Å². The first-order chi connectivity index (χ1) is 11.7. The zero-order chi connectivity index (χ0) is 17.9. The van der Waals surface area contributed by atoms with Crippen LogP contribution in [0.15, 0.2) is 30.9 Å². The number of para-hydroxylation sites is 1.